The summed E-state index contributed by atoms with van der Waals surface area (Å²) in [6.45, 7) is -0.908. The minimum Gasteiger partial charge on any atom is -0.484 e. The molecule has 200 valence electrons. The molecule has 0 radical (unpaired) electrons. The van der Waals surface area contributed by atoms with E-state index in [0.29, 0.717) is 38.1 Å². The first-order valence-corrected chi connectivity index (χ1v) is 11.7. The average Bonchev–Trinajstić information content (AvgIpc) is 2.84. The number of aliphatic hydroxyl groups is 1. The first-order chi connectivity index (χ1) is 17.4. The normalized spacial score (nSPS) is 24.9. The molecule has 2 amide bonds. The van der Waals surface area contributed by atoms with E-state index in [4.69, 9.17) is 21.1 Å². The molecule has 0 unspecified atom stereocenters. The minimum atomic E-state index is -4.59. The highest BCUT2D eigenvalue weighted by Gasteiger charge is 2.55. The number of amides is 2. The average molecular weight is 547 g/mol. The number of benzene rings is 1. The van der Waals surface area contributed by atoms with Crippen LogP contribution in [0.15, 0.2) is 30.6 Å². The third-order valence-corrected chi connectivity index (χ3v) is 6.97. The molecule has 3 N–H and O–H groups in total. The summed E-state index contributed by atoms with van der Waals surface area (Å²) in [6, 6.07) is 3.43. The maximum absolute atomic E-state index is 13.5. The van der Waals surface area contributed by atoms with Gasteiger partial charge in [-0.25, -0.2) is 14.4 Å². The third kappa shape index (κ3) is 6.21. The summed E-state index contributed by atoms with van der Waals surface area (Å²) in [5, 5.41) is 16.4. The molecule has 3 fully saturated rings. The van der Waals surface area contributed by atoms with E-state index in [1.165, 1.54) is 12.1 Å². The van der Waals surface area contributed by atoms with Crippen LogP contribution < -0.4 is 20.1 Å². The smallest absolute Gasteiger partial charge is 0.419 e. The lowest BCUT2D eigenvalue weighted by Gasteiger charge is -2.56. The highest BCUT2D eigenvalue weighted by atomic mass is 35.5. The third-order valence-electron chi connectivity index (χ3n) is 6.66. The molecule has 5 rings (SSSR count). The van der Waals surface area contributed by atoms with Gasteiger partial charge in [0.1, 0.15) is 11.6 Å². The molecule has 1 aromatic carbocycles. The standard InChI is InChI=1S/C23H23ClF4N4O5/c24-15-2-1-14(7-16(15)25)36-11-19(35)32-22-5-3-21(4-6-22,8-17(22)33)31-18(34)12-37-20-29-9-13(10-30-20)23(26,27)28/h1-2,7,9-10,17,33H,3-6,8,11-12H2,(H,31,34)(H,32,35)/t17-,21?,22?/m0/s1. The van der Waals surface area contributed by atoms with Crippen molar-refractivity contribution in [2.45, 2.75) is 55.5 Å². The highest BCUT2D eigenvalue weighted by Crippen LogP contribution is 2.47. The predicted octanol–water partition coefficient (Wildman–Crippen LogP) is 2.79. The van der Waals surface area contributed by atoms with Crippen molar-refractivity contribution < 1.29 is 41.7 Å². The van der Waals surface area contributed by atoms with Gasteiger partial charge in [-0.3, -0.25) is 9.59 Å². The van der Waals surface area contributed by atoms with E-state index in [9.17, 15) is 32.3 Å². The summed E-state index contributed by atoms with van der Waals surface area (Å²) >= 11 is 5.63. The van der Waals surface area contributed by atoms with Crippen LogP contribution in [0.4, 0.5) is 17.6 Å². The number of hydrogen-bond acceptors (Lipinski definition) is 7. The molecule has 1 aromatic heterocycles. The van der Waals surface area contributed by atoms with E-state index in [2.05, 4.69) is 20.6 Å². The molecule has 9 nitrogen and oxygen atoms in total. The molecule has 3 saturated carbocycles. The molecule has 0 spiro atoms. The fourth-order valence-corrected chi connectivity index (χ4v) is 4.81. The van der Waals surface area contributed by atoms with Crippen LogP contribution in [0, 0.1) is 5.82 Å². The zero-order chi connectivity index (χ0) is 26.8. The summed E-state index contributed by atoms with van der Waals surface area (Å²) in [5.74, 6) is -1.58. The van der Waals surface area contributed by atoms with Gasteiger partial charge in [0.05, 0.1) is 22.2 Å². The van der Waals surface area contributed by atoms with Crippen LogP contribution in [-0.2, 0) is 15.8 Å². The molecular weight excluding hydrogens is 524 g/mol. The first kappa shape index (κ1) is 26.9. The number of nitrogens with zero attached hydrogens (tertiary/aromatic N) is 2. The fraction of sp³-hybridized carbons (Fsp3) is 0.478. The summed E-state index contributed by atoms with van der Waals surface area (Å²) in [4.78, 5) is 31.8. The van der Waals surface area contributed by atoms with Gasteiger partial charge in [-0.15, -0.1) is 0 Å². The number of nitrogens with one attached hydrogen (secondary N) is 2. The van der Waals surface area contributed by atoms with Crippen LogP contribution >= 0.6 is 11.6 Å². The van der Waals surface area contributed by atoms with Crippen molar-refractivity contribution in [3.05, 3.63) is 47.0 Å². The van der Waals surface area contributed by atoms with Gasteiger partial charge in [-0.05, 0) is 44.2 Å². The number of halogens is 5. The topological polar surface area (TPSA) is 123 Å². The predicted molar refractivity (Wildman–Crippen MR) is 120 cm³/mol. The SMILES string of the molecule is O=C(COc1ncc(C(F)(F)F)cn1)NC12CCC(NC(=O)COc3ccc(Cl)c(F)c3)(CC1)[C@@H](O)C2. The number of aliphatic hydroxyl groups excluding tert-OH is 1. The second-order valence-corrected chi connectivity index (χ2v) is 9.57. The fourth-order valence-electron chi connectivity index (χ4n) is 4.69. The van der Waals surface area contributed by atoms with Gasteiger partial charge in [-0.1, -0.05) is 11.6 Å². The summed E-state index contributed by atoms with van der Waals surface area (Å²) in [6.07, 6.45) is -2.53. The Morgan fingerprint density at radius 3 is 2.27 bits per heavy atom. The van der Waals surface area contributed by atoms with E-state index >= 15 is 0 Å². The zero-order valence-electron chi connectivity index (χ0n) is 19.3. The second-order valence-electron chi connectivity index (χ2n) is 9.16. The van der Waals surface area contributed by atoms with Crippen molar-refractivity contribution in [2.24, 2.45) is 0 Å². The van der Waals surface area contributed by atoms with E-state index in [1.54, 1.807) is 0 Å². The van der Waals surface area contributed by atoms with E-state index < -0.39 is 53.2 Å². The maximum Gasteiger partial charge on any atom is 0.419 e. The van der Waals surface area contributed by atoms with E-state index in [1.807, 2.05) is 0 Å². The Bertz CT molecular complexity index is 1160. The lowest BCUT2D eigenvalue weighted by molar-refractivity contribution is -0.138. The maximum atomic E-state index is 13.5. The molecule has 2 aromatic rings. The van der Waals surface area contributed by atoms with Crippen molar-refractivity contribution in [3.8, 4) is 11.8 Å². The quantitative estimate of drug-likeness (QED) is 0.435. The van der Waals surface area contributed by atoms with Gasteiger partial charge in [0.25, 0.3) is 11.8 Å². The Hall–Kier alpha value is -3.19. The molecule has 1 heterocycles. The van der Waals surface area contributed by atoms with Gasteiger partial charge < -0.3 is 25.2 Å². The first-order valence-electron chi connectivity index (χ1n) is 11.3. The second kappa shape index (κ2) is 10.3. The Kier molecular flexibility index (Phi) is 7.47. The van der Waals surface area contributed by atoms with Crippen LogP contribution in [-0.4, -0.2) is 57.3 Å². The van der Waals surface area contributed by atoms with Crippen molar-refractivity contribution in [1.82, 2.24) is 20.6 Å². The van der Waals surface area contributed by atoms with Crippen LogP contribution in [0.1, 0.15) is 37.7 Å². The number of alkyl halides is 3. The minimum absolute atomic E-state index is 0.0710. The lowest BCUT2D eigenvalue weighted by atomic mass is 9.60. The lowest BCUT2D eigenvalue weighted by Crippen LogP contribution is -2.70. The molecule has 14 heteroatoms. The van der Waals surface area contributed by atoms with Crippen molar-refractivity contribution >= 4 is 23.4 Å². The van der Waals surface area contributed by atoms with Gasteiger partial charge in [0, 0.05) is 24.0 Å². The molecule has 0 saturated heterocycles. The largest absolute Gasteiger partial charge is 0.484 e. The Balaban J connectivity index is 1.26. The number of carbonyl (C=O) groups is 2. The number of carbonyl (C=O) groups excluding carboxylic acids is 2. The summed E-state index contributed by atoms with van der Waals surface area (Å²) < 4.78 is 61.7. The number of fused-ring (bicyclic) bond motifs is 3. The van der Waals surface area contributed by atoms with Gasteiger partial charge in [-0.2, -0.15) is 13.2 Å². The molecule has 3 aliphatic rings. The summed E-state index contributed by atoms with van der Waals surface area (Å²) in [5.41, 5.74) is -2.64. The van der Waals surface area contributed by atoms with E-state index in [0.717, 1.165) is 6.07 Å². The molecule has 0 aliphatic heterocycles. The number of hydrogen-bond donors (Lipinski definition) is 3. The number of aromatic nitrogens is 2. The van der Waals surface area contributed by atoms with Crippen molar-refractivity contribution in [2.75, 3.05) is 13.2 Å². The Morgan fingerprint density at radius 2 is 1.68 bits per heavy atom. The Morgan fingerprint density at radius 1 is 1.05 bits per heavy atom. The molecule has 2 bridgehead atoms. The molecular formula is C23H23ClF4N4O5. The highest BCUT2D eigenvalue weighted by molar-refractivity contribution is 6.30. The number of rotatable bonds is 8. The monoisotopic (exact) mass is 546 g/mol. The van der Waals surface area contributed by atoms with Gasteiger partial charge >= 0.3 is 12.2 Å². The number of ether oxygens (including phenoxy) is 2. The Labute approximate surface area is 213 Å². The van der Waals surface area contributed by atoms with Gasteiger partial charge in [0.15, 0.2) is 13.2 Å². The van der Waals surface area contributed by atoms with Crippen LogP contribution in [0.2, 0.25) is 5.02 Å². The van der Waals surface area contributed by atoms with Crippen molar-refractivity contribution in [3.63, 3.8) is 0 Å². The molecule has 3 aliphatic carbocycles. The van der Waals surface area contributed by atoms with Crippen molar-refractivity contribution in [1.29, 1.82) is 0 Å². The summed E-state index contributed by atoms with van der Waals surface area (Å²) in [7, 11) is 0. The van der Waals surface area contributed by atoms with Crippen LogP contribution in [0.25, 0.3) is 0 Å². The molecule has 37 heavy (non-hydrogen) atoms. The van der Waals surface area contributed by atoms with Gasteiger partial charge in [0.2, 0.25) is 0 Å². The van der Waals surface area contributed by atoms with Crippen LogP contribution in [0.3, 0.4) is 0 Å². The zero-order valence-corrected chi connectivity index (χ0v) is 20.0. The molecule has 1 atom stereocenters. The van der Waals surface area contributed by atoms with Crippen LogP contribution in [0.5, 0.6) is 11.8 Å². The van der Waals surface area contributed by atoms with E-state index in [-0.39, 0.29) is 29.8 Å².